The molecule has 2 aromatic heterocycles. The Kier molecular flexibility index (Phi) is 5.79. The molecule has 0 saturated carbocycles. The minimum Gasteiger partial charge on any atom is -0.455 e. The quantitative estimate of drug-likeness (QED) is 0.398. The number of hydrogen-bond acceptors (Lipinski definition) is 4. The van der Waals surface area contributed by atoms with E-state index in [4.69, 9.17) is 4.42 Å². The summed E-state index contributed by atoms with van der Waals surface area (Å²) in [4.78, 5) is 26.1. The predicted molar refractivity (Wildman–Crippen MR) is 132 cm³/mol. The van der Waals surface area contributed by atoms with Crippen molar-refractivity contribution in [2.45, 2.75) is 20.0 Å². The number of hydrogen-bond donors (Lipinski definition) is 1. The van der Waals surface area contributed by atoms with Crippen molar-refractivity contribution in [2.75, 3.05) is 0 Å². The van der Waals surface area contributed by atoms with Gasteiger partial charge in [0, 0.05) is 30.1 Å². The van der Waals surface area contributed by atoms with Gasteiger partial charge in [0.25, 0.3) is 5.91 Å². The summed E-state index contributed by atoms with van der Waals surface area (Å²) in [5.74, 6) is 0.184. The molecule has 5 rings (SSSR count). The summed E-state index contributed by atoms with van der Waals surface area (Å²) in [5.41, 5.74) is 3.91. The van der Waals surface area contributed by atoms with E-state index in [1.54, 1.807) is 31.3 Å². The fourth-order valence-electron chi connectivity index (χ4n) is 3.97. The maximum atomic E-state index is 13.1. The smallest absolute Gasteiger partial charge is 0.255 e. The van der Waals surface area contributed by atoms with E-state index in [1.807, 2.05) is 71.5 Å². The van der Waals surface area contributed by atoms with E-state index in [0.717, 1.165) is 16.7 Å². The van der Waals surface area contributed by atoms with Crippen molar-refractivity contribution in [3.63, 3.8) is 0 Å². The number of amides is 1. The number of nitrogens with zero attached hydrogens (tertiary/aromatic N) is 2. The number of rotatable bonds is 6. The van der Waals surface area contributed by atoms with Gasteiger partial charge in [-0.3, -0.25) is 14.3 Å². The van der Waals surface area contributed by atoms with Gasteiger partial charge < -0.3 is 9.73 Å². The Labute approximate surface area is 196 Å². The number of para-hydroxylation sites is 1. The first-order valence-corrected chi connectivity index (χ1v) is 11.1. The zero-order valence-electron chi connectivity index (χ0n) is 18.7. The molecule has 0 saturated heterocycles. The predicted octanol–water partition coefficient (Wildman–Crippen LogP) is 4.94. The Morgan fingerprint density at radius 1 is 0.941 bits per heavy atom. The molecule has 2 heterocycles. The first-order chi connectivity index (χ1) is 16.6. The van der Waals surface area contributed by atoms with E-state index in [1.165, 1.54) is 0 Å². The number of fused-ring (bicyclic) bond motifs is 1. The number of benzene rings is 3. The van der Waals surface area contributed by atoms with E-state index < -0.39 is 0 Å². The second-order valence-electron chi connectivity index (χ2n) is 8.14. The second-order valence-corrected chi connectivity index (χ2v) is 8.14. The maximum absolute atomic E-state index is 13.1. The van der Waals surface area contributed by atoms with E-state index in [-0.39, 0.29) is 11.3 Å². The van der Waals surface area contributed by atoms with Crippen molar-refractivity contribution in [3.05, 3.63) is 124 Å². The molecule has 0 aliphatic carbocycles. The number of aromatic nitrogens is 2. The molecule has 34 heavy (non-hydrogen) atoms. The molecule has 5 aromatic rings. The summed E-state index contributed by atoms with van der Waals surface area (Å²) in [5, 5.41) is 7.56. The molecule has 0 aliphatic heterocycles. The average molecular weight is 450 g/mol. The molecule has 0 bridgehead atoms. The molecule has 0 unspecified atom stereocenters. The van der Waals surface area contributed by atoms with Gasteiger partial charge in [-0.25, -0.2) is 0 Å². The molecule has 0 radical (unpaired) electrons. The van der Waals surface area contributed by atoms with Gasteiger partial charge in [0.1, 0.15) is 5.76 Å². The van der Waals surface area contributed by atoms with E-state index >= 15 is 0 Å². The molecule has 168 valence electrons. The van der Waals surface area contributed by atoms with Gasteiger partial charge in [0.05, 0.1) is 17.5 Å². The summed E-state index contributed by atoms with van der Waals surface area (Å²) < 4.78 is 8.02. The van der Waals surface area contributed by atoms with Crippen LogP contribution in [-0.4, -0.2) is 15.7 Å². The lowest BCUT2D eigenvalue weighted by Gasteiger charge is -2.11. The molecular weight excluding hydrogens is 426 g/mol. The highest BCUT2D eigenvalue weighted by atomic mass is 16.3. The van der Waals surface area contributed by atoms with Crippen LogP contribution in [0.3, 0.4) is 0 Å². The third-order valence-corrected chi connectivity index (χ3v) is 5.81. The summed E-state index contributed by atoms with van der Waals surface area (Å²) in [6.07, 6.45) is 3.67. The molecule has 0 aliphatic rings. The van der Waals surface area contributed by atoms with Crippen LogP contribution in [0.15, 0.2) is 100 Å². The normalized spacial score (nSPS) is 11.0. The number of carbonyl (C=O) groups excluding carboxylic acids is 1. The second kappa shape index (κ2) is 9.19. The van der Waals surface area contributed by atoms with Gasteiger partial charge in [0.15, 0.2) is 11.0 Å². The van der Waals surface area contributed by atoms with Gasteiger partial charge in [0.2, 0.25) is 0 Å². The number of carbonyl (C=O) groups is 1. The molecular formula is C28H23N3O3. The third-order valence-electron chi connectivity index (χ3n) is 5.81. The van der Waals surface area contributed by atoms with Crippen molar-refractivity contribution in [2.24, 2.45) is 0 Å². The van der Waals surface area contributed by atoms with Gasteiger partial charge in [-0.2, -0.15) is 5.10 Å². The van der Waals surface area contributed by atoms with Gasteiger partial charge in [-0.15, -0.1) is 0 Å². The van der Waals surface area contributed by atoms with Crippen LogP contribution in [-0.2, 0) is 13.1 Å². The first-order valence-electron chi connectivity index (χ1n) is 11.1. The molecule has 0 atom stereocenters. The van der Waals surface area contributed by atoms with Crippen LogP contribution in [0.2, 0.25) is 0 Å². The lowest BCUT2D eigenvalue weighted by Crippen LogP contribution is -2.23. The lowest BCUT2D eigenvalue weighted by molar-refractivity contribution is 0.0951. The highest BCUT2D eigenvalue weighted by Crippen LogP contribution is 2.27. The highest BCUT2D eigenvalue weighted by Gasteiger charge is 2.18. The van der Waals surface area contributed by atoms with Crippen LogP contribution < -0.4 is 10.7 Å². The topological polar surface area (TPSA) is 77.1 Å². The summed E-state index contributed by atoms with van der Waals surface area (Å²) in [7, 11) is 0. The molecule has 0 spiro atoms. The van der Waals surface area contributed by atoms with Gasteiger partial charge >= 0.3 is 0 Å². The van der Waals surface area contributed by atoms with Crippen LogP contribution in [0.25, 0.3) is 22.3 Å². The Morgan fingerprint density at radius 2 is 1.71 bits per heavy atom. The highest BCUT2D eigenvalue weighted by molar-refractivity contribution is 6.05. The van der Waals surface area contributed by atoms with Crippen molar-refractivity contribution < 1.29 is 9.21 Å². The van der Waals surface area contributed by atoms with Crippen LogP contribution in [0.1, 0.15) is 27.0 Å². The summed E-state index contributed by atoms with van der Waals surface area (Å²) in [6.45, 7) is 2.80. The monoisotopic (exact) mass is 449 g/mol. The number of nitrogens with one attached hydrogen (secondary N) is 1. The largest absolute Gasteiger partial charge is 0.455 e. The van der Waals surface area contributed by atoms with Crippen LogP contribution in [0, 0.1) is 6.92 Å². The van der Waals surface area contributed by atoms with Crippen molar-refractivity contribution >= 4 is 16.9 Å². The molecule has 0 fully saturated rings. The van der Waals surface area contributed by atoms with E-state index in [9.17, 15) is 9.59 Å². The zero-order valence-corrected chi connectivity index (χ0v) is 18.7. The van der Waals surface area contributed by atoms with Crippen molar-refractivity contribution in [1.29, 1.82) is 0 Å². The van der Waals surface area contributed by atoms with E-state index in [0.29, 0.717) is 40.9 Å². The fourth-order valence-corrected chi connectivity index (χ4v) is 3.97. The Balaban J connectivity index is 1.39. The summed E-state index contributed by atoms with van der Waals surface area (Å²) >= 11 is 0. The molecule has 1 amide bonds. The SMILES string of the molecule is Cc1c(-c2ccccc2)oc2c(C(=O)NCc3ccc(Cn4cccn4)cc3)cccc2c1=O. The minimum absolute atomic E-state index is 0.137. The molecule has 1 N–H and O–H groups in total. The lowest BCUT2D eigenvalue weighted by atomic mass is 10.0. The summed E-state index contributed by atoms with van der Waals surface area (Å²) in [6, 6.07) is 24.4. The zero-order chi connectivity index (χ0) is 23.5. The van der Waals surface area contributed by atoms with E-state index in [2.05, 4.69) is 10.4 Å². The van der Waals surface area contributed by atoms with Crippen LogP contribution >= 0.6 is 0 Å². The third kappa shape index (κ3) is 4.26. The van der Waals surface area contributed by atoms with Crippen LogP contribution in [0.5, 0.6) is 0 Å². The maximum Gasteiger partial charge on any atom is 0.255 e. The standard InChI is InChI=1S/C28H23N3O3/c1-19-25(32)23-9-5-10-24(27(23)34-26(19)22-7-3-2-4-8-22)28(33)29-17-20-11-13-21(14-12-20)18-31-16-6-15-30-31/h2-16H,17-18H2,1H3,(H,29,33). The Morgan fingerprint density at radius 3 is 2.44 bits per heavy atom. The average Bonchev–Trinajstić information content (AvgIpc) is 3.39. The Bertz CT molecular complexity index is 1500. The van der Waals surface area contributed by atoms with Crippen molar-refractivity contribution in [3.8, 4) is 11.3 Å². The Hall–Kier alpha value is -4.45. The van der Waals surface area contributed by atoms with Crippen LogP contribution in [0.4, 0.5) is 0 Å². The van der Waals surface area contributed by atoms with Gasteiger partial charge in [-0.1, -0.05) is 60.7 Å². The van der Waals surface area contributed by atoms with Crippen molar-refractivity contribution in [1.82, 2.24) is 15.1 Å². The molecule has 3 aromatic carbocycles. The first kappa shape index (κ1) is 21.4. The molecule has 6 nitrogen and oxygen atoms in total. The fraction of sp³-hybridized carbons (Fsp3) is 0.107. The minimum atomic E-state index is -0.294. The van der Waals surface area contributed by atoms with Gasteiger partial charge in [-0.05, 0) is 36.2 Å². The molecule has 6 heteroatoms.